The fourth-order valence-corrected chi connectivity index (χ4v) is 2.10. The zero-order valence-electron chi connectivity index (χ0n) is 7.24. The molecule has 0 aliphatic heterocycles. The van der Waals surface area contributed by atoms with Crippen molar-refractivity contribution in [1.82, 2.24) is 0 Å². The van der Waals surface area contributed by atoms with E-state index in [4.69, 9.17) is 7.85 Å². The predicted molar refractivity (Wildman–Crippen MR) is 52.5 cm³/mol. The summed E-state index contributed by atoms with van der Waals surface area (Å²) in [6.45, 7) is 0. The molecule has 0 heterocycles. The van der Waals surface area contributed by atoms with Crippen molar-refractivity contribution in [1.29, 1.82) is 0 Å². The van der Waals surface area contributed by atoms with Gasteiger partial charge in [0.15, 0.2) is 0 Å². The summed E-state index contributed by atoms with van der Waals surface area (Å²) in [5, 5.41) is 0. The summed E-state index contributed by atoms with van der Waals surface area (Å²) in [6, 6.07) is 10.6. The molecule has 0 bridgehead atoms. The first-order valence-corrected chi connectivity index (χ1v) is 4.68. The molecular formula is C11H13B-. The van der Waals surface area contributed by atoms with Crippen LogP contribution in [0.25, 0.3) is 0 Å². The second kappa shape index (κ2) is 3.34. The molecule has 0 spiro atoms. The number of hydrogen-bond acceptors (Lipinski definition) is 0. The molecule has 1 heteroatoms. The van der Waals surface area contributed by atoms with Crippen LogP contribution in [-0.2, 0) is 0 Å². The van der Waals surface area contributed by atoms with Gasteiger partial charge in [-0.3, -0.25) is 5.82 Å². The first-order chi connectivity index (χ1) is 5.88. The minimum Gasteiger partial charge on any atom is -0.621 e. The third kappa shape index (κ3) is 1.41. The monoisotopic (exact) mass is 156 g/mol. The van der Waals surface area contributed by atoms with Crippen LogP contribution in [-0.4, -0.2) is 7.85 Å². The summed E-state index contributed by atoms with van der Waals surface area (Å²) < 4.78 is 0. The van der Waals surface area contributed by atoms with Gasteiger partial charge in [0.1, 0.15) is 0 Å². The lowest BCUT2D eigenvalue weighted by molar-refractivity contribution is 0.721. The summed E-state index contributed by atoms with van der Waals surface area (Å²) in [5.74, 6) is 1.01. The summed E-state index contributed by atoms with van der Waals surface area (Å²) in [6.07, 6.45) is 3.76. The average molecular weight is 156 g/mol. The van der Waals surface area contributed by atoms with Crippen molar-refractivity contribution >= 4 is 7.85 Å². The van der Waals surface area contributed by atoms with E-state index in [2.05, 4.69) is 30.3 Å². The van der Waals surface area contributed by atoms with Gasteiger partial charge in [-0.25, -0.2) is 0 Å². The lowest BCUT2D eigenvalue weighted by Gasteiger charge is -2.26. The van der Waals surface area contributed by atoms with Crippen molar-refractivity contribution < 1.29 is 0 Å². The quantitative estimate of drug-likeness (QED) is 0.548. The molecule has 1 aromatic carbocycles. The van der Waals surface area contributed by atoms with E-state index in [1.54, 1.807) is 0 Å². The fourth-order valence-electron chi connectivity index (χ4n) is 2.10. The summed E-state index contributed by atoms with van der Waals surface area (Å²) in [4.78, 5) is 0. The van der Waals surface area contributed by atoms with Gasteiger partial charge in [0.2, 0.25) is 0 Å². The van der Waals surface area contributed by atoms with Gasteiger partial charge in [-0.15, -0.1) is 0 Å². The molecular weight excluding hydrogens is 143 g/mol. The molecule has 61 valence electrons. The third-order valence-corrected chi connectivity index (χ3v) is 2.80. The Bertz CT molecular complexity index is 242. The maximum atomic E-state index is 6.01. The topological polar surface area (TPSA) is 0 Å². The second-order valence-electron chi connectivity index (χ2n) is 3.61. The molecule has 2 atom stereocenters. The molecule has 12 heavy (non-hydrogen) atoms. The zero-order chi connectivity index (χ0) is 8.39. The van der Waals surface area contributed by atoms with E-state index in [1.165, 1.54) is 24.8 Å². The van der Waals surface area contributed by atoms with Crippen LogP contribution in [0.4, 0.5) is 0 Å². The SMILES string of the molecule is [B-][C@H]1CCC[C@@H]1c1ccccc1. The highest BCUT2D eigenvalue weighted by Crippen LogP contribution is 2.41. The van der Waals surface area contributed by atoms with E-state index in [0.29, 0.717) is 11.7 Å². The Hall–Kier alpha value is -0.715. The molecule has 3 radical (unpaired) electrons. The van der Waals surface area contributed by atoms with Crippen LogP contribution < -0.4 is 0 Å². The van der Waals surface area contributed by atoms with Gasteiger partial charge < -0.3 is 7.85 Å². The molecule has 1 saturated carbocycles. The van der Waals surface area contributed by atoms with Gasteiger partial charge in [-0.05, 0) is 12.0 Å². The van der Waals surface area contributed by atoms with Gasteiger partial charge in [0, 0.05) is 0 Å². The molecule has 0 aromatic heterocycles. The highest BCUT2D eigenvalue weighted by molar-refractivity contribution is 6.12. The average Bonchev–Trinajstić information content (AvgIpc) is 2.53. The maximum Gasteiger partial charge on any atom is -0.0481 e. The van der Waals surface area contributed by atoms with Gasteiger partial charge >= 0.3 is 0 Å². The summed E-state index contributed by atoms with van der Waals surface area (Å²) >= 11 is 0. The highest BCUT2D eigenvalue weighted by Gasteiger charge is 2.16. The number of hydrogen-bond donors (Lipinski definition) is 0. The summed E-state index contributed by atoms with van der Waals surface area (Å²) in [5.41, 5.74) is 1.42. The highest BCUT2D eigenvalue weighted by atomic mass is 14.3. The van der Waals surface area contributed by atoms with Crippen molar-refractivity contribution in [2.75, 3.05) is 0 Å². The Kier molecular flexibility index (Phi) is 2.20. The second-order valence-corrected chi connectivity index (χ2v) is 3.61. The smallest absolute Gasteiger partial charge is 0.0481 e. The zero-order valence-corrected chi connectivity index (χ0v) is 7.24. The Labute approximate surface area is 75.4 Å². The number of rotatable bonds is 1. The fraction of sp³-hybridized carbons (Fsp3) is 0.455. The van der Waals surface area contributed by atoms with Crippen molar-refractivity contribution in [2.24, 2.45) is 0 Å². The van der Waals surface area contributed by atoms with E-state index in [9.17, 15) is 0 Å². The van der Waals surface area contributed by atoms with Gasteiger partial charge in [0.05, 0.1) is 0 Å². The molecule has 0 N–H and O–H groups in total. The minimum atomic E-state index is 0.396. The van der Waals surface area contributed by atoms with Crippen molar-refractivity contribution in [3.05, 3.63) is 35.9 Å². The van der Waals surface area contributed by atoms with Crippen LogP contribution in [0.1, 0.15) is 30.7 Å². The lowest BCUT2D eigenvalue weighted by atomic mass is 9.76. The van der Waals surface area contributed by atoms with Crippen LogP contribution >= 0.6 is 0 Å². The van der Waals surface area contributed by atoms with E-state index < -0.39 is 0 Å². The van der Waals surface area contributed by atoms with Crippen LogP contribution in [0.15, 0.2) is 30.3 Å². The molecule has 0 nitrogen and oxygen atoms in total. The molecule has 0 saturated heterocycles. The maximum absolute atomic E-state index is 6.01. The van der Waals surface area contributed by atoms with Gasteiger partial charge in [0.25, 0.3) is 0 Å². The molecule has 1 aliphatic carbocycles. The van der Waals surface area contributed by atoms with E-state index in [-0.39, 0.29) is 0 Å². The lowest BCUT2D eigenvalue weighted by Crippen LogP contribution is -1.99. The van der Waals surface area contributed by atoms with Crippen LogP contribution in [0.2, 0.25) is 5.82 Å². The van der Waals surface area contributed by atoms with Crippen molar-refractivity contribution in [3.63, 3.8) is 0 Å². The predicted octanol–water partition coefficient (Wildman–Crippen LogP) is 2.91. The van der Waals surface area contributed by atoms with Crippen molar-refractivity contribution in [2.45, 2.75) is 31.0 Å². The first kappa shape index (κ1) is 7.91. The summed E-state index contributed by atoms with van der Waals surface area (Å²) in [7, 11) is 6.01. The molecule has 0 unspecified atom stereocenters. The van der Waals surface area contributed by atoms with Crippen LogP contribution in [0, 0.1) is 0 Å². The Morgan fingerprint density at radius 1 is 1.08 bits per heavy atom. The first-order valence-electron chi connectivity index (χ1n) is 4.68. The molecule has 0 amide bonds. The van der Waals surface area contributed by atoms with E-state index in [0.717, 1.165) is 0 Å². The van der Waals surface area contributed by atoms with Crippen LogP contribution in [0.5, 0.6) is 0 Å². The van der Waals surface area contributed by atoms with E-state index in [1.807, 2.05) is 0 Å². The number of benzene rings is 1. The standard InChI is InChI=1S/C11H13B/c12-11-8-4-7-10(11)9-5-2-1-3-6-9/h1-3,5-6,10-11H,4,7-8H2/q-1/t10-,11+/m1/s1. The van der Waals surface area contributed by atoms with Gasteiger partial charge in [-0.1, -0.05) is 49.1 Å². The normalized spacial score (nSPS) is 29.1. The molecule has 1 aliphatic rings. The van der Waals surface area contributed by atoms with Crippen molar-refractivity contribution in [3.8, 4) is 0 Å². The molecule has 2 rings (SSSR count). The van der Waals surface area contributed by atoms with Crippen LogP contribution in [0.3, 0.4) is 0 Å². The largest absolute Gasteiger partial charge is 0.621 e. The van der Waals surface area contributed by atoms with Gasteiger partial charge in [-0.2, -0.15) is 0 Å². The molecule has 1 fully saturated rings. The molecule has 1 aromatic rings. The Morgan fingerprint density at radius 2 is 1.83 bits per heavy atom. The Balaban J connectivity index is 2.19. The minimum absolute atomic E-state index is 0.396. The Morgan fingerprint density at radius 3 is 2.42 bits per heavy atom. The third-order valence-electron chi connectivity index (χ3n) is 2.80. The van der Waals surface area contributed by atoms with E-state index >= 15 is 0 Å².